The predicted molar refractivity (Wildman–Crippen MR) is 144 cm³/mol. The van der Waals surface area contributed by atoms with Gasteiger partial charge in [-0.3, -0.25) is 19.1 Å². The number of carboxylic acid groups (broad SMARTS) is 1. The molecule has 3 heterocycles. The van der Waals surface area contributed by atoms with E-state index in [1.165, 1.54) is 23.9 Å². The van der Waals surface area contributed by atoms with Crippen molar-refractivity contribution in [2.45, 2.75) is 19.4 Å². The quantitative estimate of drug-likeness (QED) is 0.318. The molecule has 38 heavy (non-hydrogen) atoms. The molecule has 0 aliphatic carbocycles. The fraction of sp³-hybridized carbons (Fsp3) is 0.148. The number of aryl methyl sites for hydroxylation is 1. The summed E-state index contributed by atoms with van der Waals surface area (Å²) in [5.41, 5.74) is 1.63. The second-order valence-electron chi connectivity index (χ2n) is 8.26. The minimum absolute atomic E-state index is 0.0752. The Hall–Kier alpha value is -4.46. The first-order chi connectivity index (χ1) is 18.2. The van der Waals surface area contributed by atoms with E-state index in [1.54, 1.807) is 55.6 Å². The molecule has 0 aliphatic rings. The molecule has 0 spiro atoms. The molecule has 2 N–H and O–H groups in total. The zero-order valence-electron chi connectivity index (χ0n) is 20.3. The van der Waals surface area contributed by atoms with E-state index in [-0.39, 0.29) is 17.0 Å². The van der Waals surface area contributed by atoms with Gasteiger partial charge in [0.05, 0.1) is 29.9 Å². The molecule has 192 valence electrons. The summed E-state index contributed by atoms with van der Waals surface area (Å²) in [5.74, 6) is -1.37. The van der Waals surface area contributed by atoms with Crippen LogP contribution in [0.4, 0.5) is 5.00 Å². The first-order valence-corrected chi connectivity index (χ1v) is 12.5. The average Bonchev–Trinajstić information content (AvgIpc) is 3.27. The largest absolute Gasteiger partial charge is 0.495 e. The lowest BCUT2D eigenvalue weighted by atomic mass is 10.00. The Labute approximate surface area is 226 Å². The highest BCUT2D eigenvalue weighted by Gasteiger charge is 2.26. The molecule has 0 saturated heterocycles. The third kappa shape index (κ3) is 5.59. The van der Waals surface area contributed by atoms with Crippen LogP contribution in [0, 0.1) is 18.3 Å². The van der Waals surface area contributed by atoms with E-state index in [4.69, 9.17) is 16.3 Å². The highest BCUT2D eigenvalue weighted by Crippen LogP contribution is 2.34. The maximum atomic E-state index is 13.5. The van der Waals surface area contributed by atoms with Crippen LogP contribution in [0.2, 0.25) is 5.02 Å². The summed E-state index contributed by atoms with van der Waals surface area (Å²) in [6.45, 7) is 1.64. The number of benzene rings is 1. The average molecular weight is 549 g/mol. The van der Waals surface area contributed by atoms with Crippen molar-refractivity contribution in [1.82, 2.24) is 9.55 Å². The molecule has 1 amide bonds. The van der Waals surface area contributed by atoms with Crippen molar-refractivity contribution in [1.29, 1.82) is 5.26 Å². The molecule has 0 fully saturated rings. The van der Waals surface area contributed by atoms with Gasteiger partial charge in [0.1, 0.15) is 16.7 Å². The summed E-state index contributed by atoms with van der Waals surface area (Å²) >= 11 is 7.08. The van der Waals surface area contributed by atoms with Crippen molar-refractivity contribution >= 4 is 39.8 Å². The standard InChI is InChI=1S/C27H21ClN4O5S/c1-15-9-23(38-25(15)27(35)36)31-26(34)21(11-18-5-3-4-8-30-18)32-14-22(37-2)20(12-24(32)33)19-10-17(28)7-6-16(19)13-29/h3-10,12,14,21H,11H2,1-2H3,(H,31,34)(H,35,36). The number of halogens is 1. The molecule has 1 unspecified atom stereocenters. The molecule has 1 aromatic carbocycles. The molecular weight excluding hydrogens is 528 g/mol. The molecule has 4 aromatic rings. The summed E-state index contributed by atoms with van der Waals surface area (Å²) < 4.78 is 6.79. The van der Waals surface area contributed by atoms with Gasteiger partial charge in [0.2, 0.25) is 5.91 Å². The van der Waals surface area contributed by atoms with Crippen LogP contribution >= 0.6 is 22.9 Å². The van der Waals surface area contributed by atoms with Gasteiger partial charge < -0.3 is 15.2 Å². The Kier molecular flexibility index (Phi) is 7.90. The Balaban J connectivity index is 1.80. The van der Waals surface area contributed by atoms with E-state index in [1.807, 2.05) is 0 Å². The Bertz CT molecular complexity index is 1620. The third-order valence-corrected chi connectivity index (χ3v) is 7.16. The number of pyridine rings is 2. The predicted octanol–water partition coefficient (Wildman–Crippen LogP) is 4.93. The number of aromatic nitrogens is 2. The van der Waals surface area contributed by atoms with Crippen molar-refractivity contribution in [3.05, 3.63) is 98.0 Å². The Morgan fingerprint density at radius 1 is 1.24 bits per heavy atom. The summed E-state index contributed by atoms with van der Waals surface area (Å²) in [6, 6.07) is 13.8. The number of ether oxygens (including phenoxy) is 1. The SMILES string of the molecule is COc1cn(C(Cc2ccccn2)C(=O)Nc2cc(C)c(C(=O)O)s2)c(=O)cc1-c1cc(Cl)ccc1C#N. The van der Waals surface area contributed by atoms with Gasteiger partial charge in [-0.1, -0.05) is 17.7 Å². The lowest BCUT2D eigenvalue weighted by molar-refractivity contribution is -0.119. The van der Waals surface area contributed by atoms with Crippen LogP contribution in [0.15, 0.2) is 65.7 Å². The molecule has 0 saturated carbocycles. The van der Waals surface area contributed by atoms with E-state index in [0.29, 0.717) is 38.0 Å². The van der Waals surface area contributed by atoms with Gasteiger partial charge in [-0.15, -0.1) is 11.3 Å². The number of carboxylic acids is 1. The summed E-state index contributed by atoms with van der Waals surface area (Å²) in [7, 11) is 1.42. The number of amides is 1. The van der Waals surface area contributed by atoms with Gasteiger partial charge in [-0.05, 0) is 48.9 Å². The van der Waals surface area contributed by atoms with E-state index in [0.717, 1.165) is 11.3 Å². The van der Waals surface area contributed by atoms with Crippen molar-refractivity contribution in [3.8, 4) is 22.9 Å². The maximum absolute atomic E-state index is 13.5. The molecule has 4 rings (SSSR count). The maximum Gasteiger partial charge on any atom is 0.346 e. The summed E-state index contributed by atoms with van der Waals surface area (Å²) in [6.07, 6.45) is 3.07. The van der Waals surface area contributed by atoms with Gasteiger partial charge >= 0.3 is 5.97 Å². The van der Waals surface area contributed by atoms with Crippen LogP contribution in [-0.2, 0) is 11.2 Å². The number of anilines is 1. The summed E-state index contributed by atoms with van der Waals surface area (Å²) in [5, 5.41) is 22.4. The number of nitrogens with zero attached hydrogens (tertiary/aromatic N) is 3. The van der Waals surface area contributed by atoms with Crippen molar-refractivity contribution in [2.75, 3.05) is 12.4 Å². The van der Waals surface area contributed by atoms with Gasteiger partial charge in [-0.2, -0.15) is 5.26 Å². The zero-order valence-corrected chi connectivity index (χ0v) is 21.8. The minimum Gasteiger partial charge on any atom is -0.495 e. The number of hydrogen-bond donors (Lipinski definition) is 2. The Morgan fingerprint density at radius 3 is 2.66 bits per heavy atom. The van der Waals surface area contributed by atoms with E-state index < -0.39 is 23.5 Å². The second-order valence-corrected chi connectivity index (χ2v) is 9.75. The van der Waals surface area contributed by atoms with Crippen LogP contribution in [-0.4, -0.2) is 33.6 Å². The van der Waals surface area contributed by atoms with Crippen LogP contribution in [0.1, 0.15) is 32.5 Å². The topological polar surface area (TPSA) is 134 Å². The Morgan fingerprint density at radius 2 is 2.03 bits per heavy atom. The van der Waals surface area contributed by atoms with Crippen LogP contribution in [0.25, 0.3) is 11.1 Å². The first-order valence-electron chi connectivity index (χ1n) is 11.3. The molecule has 1 atom stereocenters. The monoisotopic (exact) mass is 548 g/mol. The lowest BCUT2D eigenvalue weighted by Crippen LogP contribution is -2.34. The van der Waals surface area contributed by atoms with Gasteiger partial charge in [-0.25, -0.2) is 4.79 Å². The van der Waals surface area contributed by atoms with Crippen molar-refractivity contribution < 1.29 is 19.4 Å². The summed E-state index contributed by atoms with van der Waals surface area (Å²) in [4.78, 5) is 42.8. The zero-order chi connectivity index (χ0) is 27.4. The number of carbonyl (C=O) groups is 2. The fourth-order valence-corrected chi connectivity index (χ4v) is 5.06. The number of hydrogen-bond acceptors (Lipinski definition) is 7. The number of nitrogens with one attached hydrogen (secondary N) is 1. The fourth-order valence-electron chi connectivity index (χ4n) is 3.98. The lowest BCUT2D eigenvalue weighted by Gasteiger charge is -2.21. The number of nitriles is 1. The van der Waals surface area contributed by atoms with E-state index >= 15 is 0 Å². The second kappa shape index (κ2) is 11.3. The molecular formula is C27H21ClN4O5S. The van der Waals surface area contributed by atoms with Gasteiger partial charge in [0, 0.05) is 40.5 Å². The minimum atomic E-state index is -1.09. The van der Waals surface area contributed by atoms with E-state index in [9.17, 15) is 24.8 Å². The number of thiophene rings is 1. The van der Waals surface area contributed by atoms with Gasteiger partial charge in [0.15, 0.2) is 0 Å². The van der Waals surface area contributed by atoms with Crippen molar-refractivity contribution in [3.63, 3.8) is 0 Å². The number of carbonyl (C=O) groups excluding carboxylic acids is 1. The molecule has 0 bridgehead atoms. The van der Waals surface area contributed by atoms with Crippen LogP contribution in [0.3, 0.4) is 0 Å². The normalized spacial score (nSPS) is 11.4. The van der Waals surface area contributed by atoms with E-state index in [2.05, 4.69) is 16.4 Å². The number of methoxy groups -OCH3 is 1. The third-order valence-electron chi connectivity index (χ3n) is 5.78. The molecule has 0 aliphatic heterocycles. The molecule has 11 heteroatoms. The van der Waals surface area contributed by atoms with Crippen LogP contribution in [0.5, 0.6) is 5.75 Å². The highest BCUT2D eigenvalue weighted by atomic mass is 35.5. The molecule has 9 nitrogen and oxygen atoms in total. The molecule has 3 aromatic heterocycles. The smallest absolute Gasteiger partial charge is 0.346 e. The van der Waals surface area contributed by atoms with Gasteiger partial charge in [0.25, 0.3) is 5.56 Å². The molecule has 0 radical (unpaired) electrons. The number of rotatable bonds is 8. The van der Waals surface area contributed by atoms with Crippen LogP contribution < -0.4 is 15.6 Å². The van der Waals surface area contributed by atoms with Crippen molar-refractivity contribution in [2.24, 2.45) is 0 Å². The first kappa shape index (κ1) is 26.6. The number of aromatic carboxylic acids is 1. The highest BCUT2D eigenvalue weighted by molar-refractivity contribution is 7.18.